The van der Waals surface area contributed by atoms with E-state index >= 15 is 0 Å². The molecule has 1 atom stereocenters. The van der Waals surface area contributed by atoms with Crippen LogP contribution < -0.4 is 16.4 Å². The van der Waals surface area contributed by atoms with E-state index in [0.29, 0.717) is 39.9 Å². The summed E-state index contributed by atoms with van der Waals surface area (Å²) in [5, 5.41) is 13.6. The standard InChI is InChI=1S/C18H16ClN5O2S.C2HF3O2/c19-14-4-3-13(27-14)16(25)24-18(5-6-21-17(18)26)8-10-1-2-11-12(7-10)22-9-23-15(11)20;3-2(4,5)1(6)7/h1-4,7,9H,5-6,8H2,(H,21,26)(H,24,25)(H2,20,22,23);(H,6,7)/t18-;/m1./s1. The fraction of sp³-hybridized carbons (Fsp3) is 0.250. The van der Waals surface area contributed by atoms with Crippen LogP contribution in [0, 0.1) is 0 Å². The molecule has 180 valence electrons. The summed E-state index contributed by atoms with van der Waals surface area (Å²) in [4.78, 5) is 42.8. The maximum atomic E-state index is 12.6. The van der Waals surface area contributed by atoms with Crippen LogP contribution in [-0.2, 0) is 16.0 Å². The predicted molar refractivity (Wildman–Crippen MR) is 118 cm³/mol. The van der Waals surface area contributed by atoms with E-state index in [1.54, 1.807) is 12.1 Å². The van der Waals surface area contributed by atoms with Crippen molar-refractivity contribution in [2.24, 2.45) is 0 Å². The number of nitrogen functional groups attached to an aromatic ring is 1. The van der Waals surface area contributed by atoms with Crippen LogP contribution in [0.25, 0.3) is 10.9 Å². The smallest absolute Gasteiger partial charge is 0.475 e. The van der Waals surface area contributed by atoms with Gasteiger partial charge in [0.2, 0.25) is 5.91 Å². The molecule has 2 aromatic heterocycles. The number of carbonyl (C=O) groups excluding carboxylic acids is 2. The minimum atomic E-state index is -5.08. The Morgan fingerprint density at radius 1 is 1.26 bits per heavy atom. The number of carbonyl (C=O) groups is 3. The number of benzene rings is 1. The van der Waals surface area contributed by atoms with Crippen LogP contribution in [0.5, 0.6) is 0 Å². The average Bonchev–Trinajstić information content (AvgIpc) is 3.34. The zero-order valence-corrected chi connectivity index (χ0v) is 18.7. The van der Waals surface area contributed by atoms with Crippen LogP contribution in [0.1, 0.15) is 21.7 Å². The van der Waals surface area contributed by atoms with Crippen molar-refractivity contribution in [3.05, 3.63) is 51.4 Å². The van der Waals surface area contributed by atoms with Gasteiger partial charge in [-0.05, 0) is 36.2 Å². The second-order valence-electron chi connectivity index (χ2n) is 7.24. The Kier molecular flexibility index (Phi) is 7.26. The number of halogens is 4. The number of hydrogen-bond acceptors (Lipinski definition) is 7. The summed E-state index contributed by atoms with van der Waals surface area (Å²) in [7, 11) is 0. The van der Waals surface area contributed by atoms with E-state index in [-0.39, 0.29) is 11.8 Å². The van der Waals surface area contributed by atoms with Crippen LogP contribution in [-0.4, -0.2) is 51.1 Å². The number of amides is 2. The van der Waals surface area contributed by atoms with Crippen LogP contribution >= 0.6 is 22.9 Å². The average molecular weight is 516 g/mol. The van der Waals surface area contributed by atoms with Crippen molar-refractivity contribution in [2.45, 2.75) is 24.6 Å². The molecule has 1 aromatic carbocycles. The Hall–Kier alpha value is -3.45. The van der Waals surface area contributed by atoms with Gasteiger partial charge in [-0.25, -0.2) is 14.8 Å². The topological polar surface area (TPSA) is 147 Å². The highest BCUT2D eigenvalue weighted by Crippen LogP contribution is 2.27. The lowest BCUT2D eigenvalue weighted by molar-refractivity contribution is -0.192. The van der Waals surface area contributed by atoms with Gasteiger partial charge >= 0.3 is 12.1 Å². The SMILES string of the molecule is Nc1ncnc2cc(C[C@]3(NC(=O)c4ccc(Cl)s4)CCNC3=O)ccc12.O=C(O)C(F)(F)F. The molecule has 2 amide bonds. The number of carboxylic acid groups (broad SMARTS) is 1. The van der Waals surface area contributed by atoms with E-state index in [9.17, 15) is 22.8 Å². The summed E-state index contributed by atoms with van der Waals surface area (Å²) < 4.78 is 32.3. The third-order valence-corrected chi connectivity index (χ3v) is 6.13. The summed E-state index contributed by atoms with van der Waals surface area (Å²) in [5.74, 6) is -2.85. The minimum absolute atomic E-state index is 0.194. The van der Waals surface area contributed by atoms with Gasteiger partial charge in [-0.15, -0.1) is 11.3 Å². The van der Waals surface area contributed by atoms with Crippen molar-refractivity contribution in [1.29, 1.82) is 0 Å². The Bertz CT molecular complexity index is 1250. The van der Waals surface area contributed by atoms with Crippen LogP contribution in [0.15, 0.2) is 36.7 Å². The summed E-state index contributed by atoms with van der Waals surface area (Å²) in [6.07, 6.45) is -2.83. The molecule has 0 saturated carbocycles. The number of carboxylic acids is 1. The molecule has 14 heteroatoms. The molecule has 0 radical (unpaired) electrons. The van der Waals surface area contributed by atoms with Gasteiger partial charge in [-0.1, -0.05) is 17.7 Å². The molecule has 1 aliphatic rings. The first-order valence-corrected chi connectivity index (χ1v) is 10.8. The highest BCUT2D eigenvalue weighted by molar-refractivity contribution is 7.18. The van der Waals surface area contributed by atoms with E-state index < -0.39 is 17.7 Å². The van der Waals surface area contributed by atoms with Crippen molar-refractivity contribution in [3.8, 4) is 0 Å². The van der Waals surface area contributed by atoms with Gasteiger partial charge in [-0.3, -0.25) is 9.59 Å². The molecule has 3 aromatic rings. The van der Waals surface area contributed by atoms with Crippen LogP contribution in [0.2, 0.25) is 4.34 Å². The van der Waals surface area contributed by atoms with E-state index in [1.807, 2.05) is 18.2 Å². The molecule has 5 N–H and O–H groups in total. The maximum absolute atomic E-state index is 12.6. The molecule has 1 saturated heterocycles. The molecular weight excluding hydrogens is 499 g/mol. The van der Waals surface area contributed by atoms with Crippen molar-refractivity contribution in [2.75, 3.05) is 12.3 Å². The molecule has 0 aliphatic carbocycles. The first-order chi connectivity index (χ1) is 15.9. The molecule has 0 unspecified atom stereocenters. The predicted octanol–water partition coefficient (Wildman–Crippen LogP) is 2.79. The van der Waals surface area contributed by atoms with Crippen molar-refractivity contribution in [1.82, 2.24) is 20.6 Å². The van der Waals surface area contributed by atoms with E-state index in [1.165, 1.54) is 17.7 Å². The first-order valence-electron chi connectivity index (χ1n) is 9.57. The Morgan fingerprint density at radius 2 is 1.97 bits per heavy atom. The molecule has 0 bridgehead atoms. The Balaban J connectivity index is 0.000000406. The molecule has 1 fully saturated rings. The second kappa shape index (κ2) is 9.81. The minimum Gasteiger partial charge on any atom is -0.475 e. The summed E-state index contributed by atoms with van der Waals surface area (Å²) in [5.41, 5.74) is 6.43. The zero-order valence-electron chi connectivity index (χ0n) is 17.1. The number of hydrogen-bond donors (Lipinski definition) is 4. The molecule has 3 heterocycles. The third kappa shape index (κ3) is 5.72. The fourth-order valence-electron chi connectivity index (χ4n) is 3.30. The number of aliphatic carboxylic acids is 1. The molecule has 34 heavy (non-hydrogen) atoms. The number of rotatable bonds is 4. The molecule has 1 aliphatic heterocycles. The van der Waals surface area contributed by atoms with Gasteiger partial charge in [0.25, 0.3) is 5.91 Å². The van der Waals surface area contributed by atoms with Crippen molar-refractivity contribution >= 4 is 57.4 Å². The van der Waals surface area contributed by atoms with Gasteiger partial charge in [0, 0.05) is 18.4 Å². The molecule has 4 rings (SSSR count). The summed E-state index contributed by atoms with van der Waals surface area (Å²) >= 11 is 7.10. The Labute approximate surface area is 199 Å². The lowest BCUT2D eigenvalue weighted by Crippen LogP contribution is -2.55. The van der Waals surface area contributed by atoms with Crippen LogP contribution in [0.3, 0.4) is 0 Å². The van der Waals surface area contributed by atoms with Gasteiger partial charge in [0.15, 0.2) is 0 Å². The monoisotopic (exact) mass is 515 g/mol. The Morgan fingerprint density at radius 3 is 2.53 bits per heavy atom. The molecular formula is C20H17ClF3N5O4S. The second-order valence-corrected chi connectivity index (χ2v) is 8.95. The highest BCUT2D eigenvalue weighted by atomic mass is 35.5. The van der Waals surface area contributed by atoms with Crippen LogP contribution in [0.4, 0.5) is 19.0 Å². The van der Waals surface area contributed by atoms with Gasteiger partial charge in [-0.2, -0.15) is 13.2 Å². The molecule has 0 spiro atoms. The van der Waals surface area contributed by atoms with Crippen molar-refractivity contribution < 1.29 is 32.7 Å². The van der Waals surface area contributed by atoms with Gasteiger partial charge < -0.3 is 21.5 Å². The molecule has 9 nitrogen and oxygen atoms in total. The maximum Gasteiger partial charge on any atom is 0.490 e. The first kappa shape index (κ1) is 25.2. The van der Waals surface area contributed by atoms with Gasteiger partial charge in [0.1, 0.15) is 17.7 Å². The third-order valence-electron chi connectivity index (χ3n) is 4.90. The number of anilines is 1. The highest BCUT2D eigenvalue weighted by Gasteiger charge is 2.44. The number of nitrogens with zero attached hydrogens (tertiary/aromatic N) is 2. The fourth-order valence-corrected chi connectivity index (χ4v) is 4.24. The quantitative estimate of drug-likeness (QED) is 0.417. The number of alkyl halides is 3. The van der Waals surface area contributed by atoms with E-state index in [2.05, 4.69) is 20.6 Å². The largest absolute Gasteiger partial charge is 0.490 e. The lowest BCUT2D eigenvalue weighted by atomic mass is 9.88. The number of nitrogens with one attached hydrogen (secondary N) is 2. The number of aromatic nitrogens is 2. The normalized spacial score (nSPS) is 17.6. The van der Waals surface area contributed by atoms with Gasteiger partial charge in [0.05, 0.1) is 14.7 Å². The van der Waals surface area contributed by atoms with E-state index in [4.69, 9.17) is 27.2 Å². The number of nitrogens with two attached hydrogens (primary N) is 1. The number of fused-ring (bicyclic) bond motifs is 1. The number of thiophene rings is 1. The van der Waals surface area contributed by atoms with Crippen molar-refractivity contribution in [3.63, 3.8) is 0 Å². The summed E-state index contributed by atoms with van der Waals surface area (Å²) in [6.45, 7) is 0.507. The lowest BCUT2D eigenvalue weighted by Gasteiger charge is -2.27. The summed E-state index contributed by atoms with van der Waals surface area (Å²) in [6, 6.07) is 8.90. The zero-order chi connectivity index (χ0) is 25.1. The van der Waals surface area contributed by atoms with E-state index in [0.717, 1.165) is 10.9 Å².